The van der Waals surface area contributed by atoms with Crippen molar-refractivity contribution in [2.45, 2.75) is 13.5 Å². The monoisotopic (exact) mass is 381 g/mol. The summed E-state index contributed by atoms with van der Waals surface area (Å²) in [5.41, 5.74) is 1.57. The van der Waals surface area contributed by atoms with Crippen molar-refractivity contribution < 1.29 is 19.1 Å². The summed E-state index contributed by atoms with van der Waals surface area (Å²) < 4.78 is 5.36. The normalized spacial score (nSPS) is 14.2. The Kier molecular flexibility index (Phi) is 6.26. The summed E-state index contributed by atoms with van der Waals surface area (Å²) in [5.74, 6) is -0.856. The Morgan fingerprint density at radius 2 is 1.61 bits per heavy atom. The molecule has 2 aromatic rings. The van der Waals surface area contributed by atoms with E-state index in [1.807, 2.05) is 37.3 Å². The molecule has 0 unspecified atom stereocenters. The van der Waals surface area contributed by atoms with Crippen molar-refractivity contribution >= 4 is 23.4 Å². The van der Waals surface area contributed by atoms with Gasteiger partial charge in [-0.1, -0.05) is 30.3 Å². The summed E-state index contributed by atoms with van der Waals surface area (Å²) >= 11 is 0. The second-order valence-electron chi connectivity index (χ2n) is 6.44. The molecule has 3 amide bonds. The number of nitrogens with one attached hydrogen (secondary N) is 1. The topological polar surface area (TPSA) is 79.0 Å². The maximum Gasteiger partial charge on any atom is 0.312 e. The van der Waals surface area contributed by atoms with Gasteiger partial charge in [0.1, 0.15) is 12.3 Å². The third-order valence-corrected chi connectivity index (χ3v) is 4.40. The maximum absolute atomic E-state index is 12.4. The summed E-state index contributed by atoms with van der Waals surface area (Å²) in [6.07, 6.45) is 0. The molecule has 1 aliphatic rings. The quantitative estimate of drug-likeness (QED) is 0.743. The third kappa shape index (κ3) is 4.88. The average molecular weight is 381 g/mol. The fourth-order valence-corrected chi connectivity index (χ4v) is 3.00. The first-order valence-electron chi connectivity index (χ1n) is 9.21. The molecular weight excluding hydrogens is 358 g/mol. The minimum absolute atomic E-state index is 0.156. The minimum atomic E-state index is -0.649. The van der Waals surface area contributed by atoms with Gasteiger partial charge in [-0.25, -0.2) is 0 Å². The molecule has 0 aliphatic carbocycles. The van der Waals surface area contributed by atoms with Crippen LogP contribution in [0, 0.1) is 0 Å². The largest absolute Gasteiger partial charge is 0.494 e. The van der Waals surface area contributed by atoms with Crippen LogP contribution in [0.25, 0.3) is 0 Å². The lowest BCUT2D eigenvalue weighted by atomic mass is 10.2. The fourth-order valence-electron chi connectivity index (χ4n) is 3.00. The molecule has 7 nitrogen and oxygen atoms in total. The van der Waals surface area contributed by atoms with Gasteiger partial charge in [0.15, 0.2) is 0 Å². The molecule has 1 heterocycles. The van der Waals surface area contributed by atoms with Gasteiger partial charge >= 0.3 is 11.8 Å². The van der Waals surface area contributed by atoms with Gasteiger partial charge in [0.2, 0.25) is 5.91 Å². The van der Waals surface area contributed by atoms with E-state index in [0.717, 1.165) is 11.3 Å². The average Bonchev–Trinajstić information content (AvgIpc) is 2.70. The van der Waals surface area contributed by atoms with E-state index in [-0.39, 0.29) is 12.5 Å². The van der Waals surface area contributed by atoms with Gasteiger partial charge in [-0.15, -0.1) is 0 Å². The first kappa shape index (κ1) is 19.4. The molecule has 0 bridgehead atoms. The number of amides is 3. The van der Waals surface area contributed by atoms with Crippen molar-refractivity contribution in [3.8, 4) is 5.75 Å². The lowest BCUT2D eigenvalue weighted by molar-refractivity contribution is -0.157. The Bertz CT molecular complexity index is 836. The highest BCUT2D eigenvalue weighted by molar-refractivity contribution is 6.35. The van der Waals surface area contributed by atoms with Crippen molar-refractivity contribution in [3.05, 3.63) is 60.2 Å². The molecule has 2 aromatic carbocycles. The van der Waals surface area contributed by atoms with Gasteiger partial charge in [-0.3, -0.25) is 14.4 Å². The number of carbonyl (C=O) groups is 3. The van der Waals surface area contributed by atoms with Crippen LogP contribution < -0.4 is 10.1 Å². The Balaban J connectivity index is 1.53. The van der Waals surface area contributed by atoms with Crippen LogP contribution in [0.15, 0.2) is 54.6 Å². The van der Waals surface area contributed by atoms with Crippen molar-refractivity contribution in [1.29, 1.82) is 0 Å². The smallest absolute Gasteiger partial charge is 0.312 e. The molecule has 0 saturated carbocycles. The lowest BCUT2D eigenvalue weighted by Crippen LogP contribution is -2.55. The first-order chi connectivity index (χ1) is 13.6. The van der Waals surface area contributed by atoms with E-state index < -0.39 is 11.8 Å². The zero-order valence-electron chi connectivity index (χ0n) is 15.8. The minimum Gasteiger partial charge on any atom is -0.494 e. The van der Waals surface area contributed by atoms with Crippen molar-refractivity contribution in [1.82, 2.24) is 9.80 Å². The summed E-state index contributed by atoms with van der Waals surface area (Å²) in [7, 11) is 0. The van der Waals surface area contributed by atoms with Gasteiger partial charge in [0.05, 0.1) is 6.61 Å². The standard InChI is InChI=1S/C21H23N3O4/c1-2-28-18-10-8-17(9-11-18)22-19(25)15-24-13-12-23(20(26)21(24)27)14-16-6-4-3-5-7-16/h3-11H,2,12-15H2,1H3,(H,22,25). The second kappa shape index (κ2) is 9.03. The number of piperazine rings is 1. The molecule has 1 N–H and O–H groups in total. The predicted molar refractivity (Wildman–Crippen MR) is 105 cm³/mol. The first-order valence-corrected chi connectivity index (χ1v) is 9.21. The van der Waals surface area contributed by atoms with E-state index in [4.69, 9.17) is 4.74 Å². The summed E-state index contributed by atoms with van der Waals surface area (Å²) in [6.45, 7) is 3.42. The molecule has 28 heavy (non-hydrogen) atoms. The highest BCUT2D eigenvalue weighted by Crippen LogP contribution is 2.16. The molecule has 0 atom stereocenters. The second-order valence-corrected chi connectivity index (χ2v) is 6.44. The zero-order valence-corrected chi connectivity index (χ0v) is 15.8. The van der Waals surface area contributed by atoms with Gasteiger partial charge in [-0.05, 0) is 36.8 Å². The highest BCUT2D eigenvalue weighted by atomic mass is 16.5. The molecule has 1 fully saturated rings. The van der Waals surface area contributed by atoms with Crippen LogP contribution in [-0.2, 0) is 20.9 Å². The van der Waals surface area contributed by atoms with Crippen LogP contribution in [0.1, 0.15) is 12.5 Å². The molecule has 3 rings (SSSR count). The van der Waals surface area contributed by atoms with Crippen LogP contribution in [0.4, 0.5) is 5.69 Å². The molecular formula is C21H23N3O4. The summed E-state index contributed by atoms with van der Waals surface area (Å²) in [6, 6.07) is 16.5. The predicted octanol–water partition coefficient (Wildman–Crippen LogP) is 1.89. The van der Waals surface area contributed by atoms with E-state index in [1.165, 1.54) is 9.80 Å². The summed E-state index contributed by atoms with van der Waals surface area (Å²) in [4.78, 5) is 39.8. The molecule has 0 spiro atoms. The highest BCUT2D eigenvalue weighted by Gasteiger charge is 2.33. The number of ether oxygens (including phenoxy) is 1. The Morgan fingerprint density at radius 1 is 0.964 bits per heavy atom. The van der Waals surface area contributed by atoms with E-state index in [1.54, 1.807) is 24.3 Å². The van der Waals surface area contributed by atoms with Gasteiger partial charge in [0.25, 0.3) is 0 Å². The number of benzene rings is 2. The SMILES string of the molecule is CCOc1ccc(NC(=O)CN2CCN(Cc3ccccc3)C(=O)C2=O)cc1. The number of hydrogen-bond donors (Lipinski definition) is 1. The van der Waals surface area contributed by atoms with Gasteiger partial charge in [-0.2, -0.15) is 0 Å². The van der Waals surface area contributed by atoms with Gasteiger partial charge in [0, 0.05) is 25.3 Å². The Morgan fingerprint density at radius 3 is 2.29 bits per heavy atom. The van der Waals surface area contributed by atoms with Crippen LogP contribution >= 0.6 is 0 Å². The van der Waals surface area contributed by atoms with E-state index in [9.17, 15) is 14.4 Å². The fraction of sp³-hybridized carbons (Fsp3) is 0.286. The number of rotatable bonds is 7. The van der Waals surface area contributed by atoms with Crippen LogP contribution in [0.2, 0.25) is 0 Å². The maximum atomic E-state index is 12.4. The van der Waals surface area contributed by atoms with E-state index in [2.05, 4.69) is 5.32 Å². The molecule has 1 saturated heterocycles. The van der Waals surface area contributed by atoms with Crippen molar-refractivity contribution in [2.24, 2.45) is 0 Å². The number of hydrogen-bond acceptors (Lipinski definition) is 4. The summed E-state index contributed by atoms with van der Waals surface area (Å²) in [5, 5.41) is 2.73. The van der Waals surface area contributed by atoms with Crippen LogP contribution in [0.3, 0.4) is 0 Å². The number of anilines is 1. The molecule has 1 aliphatic heterocycles. The number of carbonyl (C=O) groups excluding carboxylic acids is 3. The molecule has 146 valence electrons. The molecule has 0 radical (unpaired) electrons. The molecule has 7 heteroatoms. The van der Waals surface area contributed by atoms with Crippen molar-refractivity contribution in [3.63, 3.8) is 0 Å². The van der Waals surface area contributed by atoms with E-state index in [0.29, 0.717) is 31.9 Å². The lowest BCUT2D eigenvalue weighted by Gasteiger charge is -2.33. The number of nitrogens with zero attached hydrogens (tertiary/aromatic N) is 2. The molecule has 0 aromatic heterocycles. The third-order valence-electron chi connectivity index (χ3n) is 4.40. The zero-order chi connectivity index (χ0) is 19.9. The van der Waals surface area contributed by atoms with Crippen molar-refractivity contribution in [2.75, 3.05) is 31.6 Å². The Labute approximate surface area is 163 Å². The van der Waals surface area contributed by atoms with E-state index >= 15 is 0 Å². The van der Waals surface area contributed by atoms with Gasteiger partial charge < -0.3 is 19.9 Å². The Hall–Kier alpha value is -3.35. The van der Waals surface area contributed by atoms with Crippen LogP contribution in [0.5, 0.6) is 5.75 Å². The van der Waals surface area contributed by atoms with Crippen LogP contribution in [-0.4, -0.2) is 53.8 Å².